The number of rotatable bonds is 7. The monoisotopic (exact) mass is 264 g/mol. The Bertz CT molecular complexity index is 406. The van der Waals surface area contributed by atoms with Gasteiger partial charge in [0, 0.05) is 17.5 Å². The third-order valence-corrected chi connectivity index (χ3v) is 5.70. The van der Waals surface area contributed by atoms with Crippen molar-refractivity contribution in [1.29, 1.82) is 0 Å². The lowest BCUT2D eigenvalue weighted by Gasteiger charge is -2.30. The Hall–Kier alpha value is -0.410. The van der Waals surface area contributed by atoms with E-state index < -0.39 is 0 Å². The molecule has 1 aromatic rings. The molecule has 2 aliphatic carbocycles. The summed E-state index contributed by atoms with van der Waals surface area (Å²) in [5, 5.41) is 3.75. The van der Waals surface area contributed by atoms with Crippen LogP contribution < -0.4 is 5.32 Å². The quantitative estimate of drug-likeness (QED) is 0.814. The number of thiazole rings is 1. The lowest BCUT2D eigenvalue weighted by molar-refractivity contribution is 0.236. The van der Waals surface area contributed by atoms with Crippen LogP contribution in [0.5, 0.6) is 0 Å². The molecule has 1 N–H and O–H groups in total. The van der Waals surface area contributed by atoms with Crippen molar-refractivity contribution in [2.45, 2.75) is 58.4 Å². The van der Waals surface area contributed by atoms with Crippen LogP contribution >= 0.6 is 11.3 Å². The zero-order valence-corrected chi connectivity index (χ0v) is 12.4. The van der Waals surface area contributed by atoms with Gasteiger partial charge in [0.1, 0.15) is 0 Å². The number of hydrogen-bond acceptors (Lipinski definition) is 3. The van der Waals surface area contributed by atoms with Crippen molar-refractivity contribution in [1.82, 2.24) is 10.3 Å². The van der Waals surface area contributed by atoms with Gasteiger partial charge in [-0.2, -0.15) is 0 Å². The average Bonchev–Trinajstić information content (AvgIpc) is 3.25. The first-order valence-corrected chi connectivity index (χ1v) is 8.18. The second-order valence-corrected chi connectivity index (χ2v) is 7.38. The van der Waals surface area contributed by atoms with Crippen molar-refractivity contribution < 1.29 is 0 Å². The fraction of sp³-hybridized carbons (Fsp3) is 0.800. The van der Waals surface area contributed by atoms with Crippen LogP contribution in [0.3, 0.4) is 0 Å². The molecule has 0 aromatic carbocycles. The first-order chi connectivity index (χ1) is 8.67. The molecule has 18 heavy (non-hydrogen) atoms. The van der Waals surface area contributed by atoms with Gasteiger partial charge < -0.3 is 5.32 Å². The minimum absolute atomic E-state index is 0.513. The first-order valence-electron chi connectivity index (χ1n) is 7.30. The average molecular weight is 264 g/mol. The van der Waals surface area contributed by atoms with E-state index in [0.29, 0.717) is 5.41 Å². The standard InChI is InChI=1S/C15H24N2S/c1-11-14(18-10-17-11)7-8-15(2,12-3-4-12)9-16-13-5-6-13/h10,12-13,16H,3-9H2,1-2H3. The van der Waals surface area contributed by atoms with E-state index in [4.69, 9.17) is 0 Å². The maximum Gasteiger partial charge on any atom is 0.0797 e. The van der Waals surface area contributed by atoms with Crippen LogP contribution in [-0.4, -0.2) is 17.6 Å². The second-order valence-electron chi connectivity index (χ2n) is 6.44. The minimum atomic E-state index is 0.513. The zero-order valence-electron chi connectivity index (χ0n) is 11.5. The van der Waals surface area contributed by atoms with Crippen LogP contribution in [0.25, 0.3) is 0 Å². The van der Waals surface area contributed by atoms with Gasteiger partial charge in [-0.15, -0.1) is 11.3 Å². The van der Waals surface area contributed by atoms with Crippen molar-refractivity contribution >= 4 is 11.3 Å². The summed E-state index contributed by atoms with van der Waals surface area (Å²) < 4.78 is 0. The fourth-order valence-corrected chi connectivity index (χ4v) is 3.63. The van der Waals surface area contributed by atoms with Gasteiger partial charge in [-0.05, 0) is 56.8 Å². The molecule has 0 bridgehead atoms. The number of hydrogen-bond donors (Lipinski definition) is 1. The molecule has 0 aliphatic heterocycles. The van der Waals surface area contributed by atoms with Crippen LogP contribution in [0.4, 0.5) is 0 Å². The summed E-state index contributed by atoms with van der Waals surface area (Å²) in [5.41, 5.74) is 3.74. The van der Waals surface area contributed by atoms with E-state index in [1.807, 2.05) is 16.8 Å². The van der Waals surface area contributed by atoms with E-state index in [9.17, 15) is 0 Å². The minimum Gasteiger partial charge on any atom is -0.313 e. The number of nitrogens with zero attached hydrogens (tertiary/aromatic N) is 1. The van der Waals surface area contributed by atoms with E-state index in [-0.39, 0.29) is 0 Å². The molecule has 3 heteroatoms. The van der Waals surface area contributed by atoms with Gasteiger partial charge in [0.05, 0.1) is 11.2 Å². The highest BCUT2D eigenvalue weighted by Crippen LogP contribution is 2.48. The van der Waals surface area contributed by atoms with E-state index in [1.54, 1.807) is 0 Å². The molecule has 0 amide bonds. The number of aryl methyl sites for hydroxylation is 2. The van der Waals surface area contributed by atoms with Crippen molar-refractivity contribution in [2.24, 2.45) is 11.3 Å². The van der Waals surface area contributed by atoms with Gasteiger partial charge in [-0.3, -0.25) is 0 Å². The van der Waals surface area contributed by atoms with Gasteiger partial charge in [0.25, 0.3) is 0 Å². The molecule has 1 heterocycles. The Labute approximate surface area is 114 Å². The molecule has 0 spiro atoms. The number of aromatic nitrogens is 1. The highest BCUT2D eigenvalue weighted by Gasteiger charge is 2.41. The van der Waals surface area contributed by atoms with E-state index >= 15 is 0 Å². The lowest BCUT2D eigenvalue weighted by atomic mass is 9.80. The largest absolute Gasteiger partial charge is 0.313 e. The van der Waals surface area contributed by atoms with Crippen LogP contribution in [0.15, 0.2) is 5.51 Å². The van der Waals surface area contributed by atoms with Crippen molar-refractivity contribution in [3.63, 3.8) is 0 Å². The van der Waals surface area contributed by atoms with Gasteiger partial charge in [0.15, 0.2) is 0 Å². The van der Waals surface area contributed by atoms with Crippen LogP contribution in [-0.2, 0) is 6.42 Å². The van der Waals surface area contributed by atoms with Gasteiger partial charge in [-0.1, -0.05) is 6.92 Å². The summed E-state index contributed by atoms with van der Waals surface area (Å²) in [6, 6.07) is 0.841. The van der Waals surface area contributed by atoms with Crippen molar-refractivity contribution in [2.75, 3.05) is 6.54 Å². The molecule has 1 aromatic heterocycles. The molecule has 1 atom stereocenters. The molecule has 0 saturated heterocycles. The van der Waals surface area contributed by atoms with E-state index in [0.717, 1.165) is 12.0 Å². The van der Waals surface area contributed by atoms with E-state index in [1.165, 1.54) is 55.6 Å². The van der Waals surface area contributed by atoms with Crippen molar-refractivity contribution in [3.8, 4) is 0 Å². The predicted molar refractivity (Wildman–Crippen MR) is 77.0 cm³/mol. The summed E-state index contributed by atoms with van der Waals surface area (Å²) >= 11 is 1.83. The molecule has 2 saturated carbocycles. The Balaban J connectivity index is 1.57. The number of nitrogens with one attached hydrogen (secondary N) is 1. The Morgan fingerprint density at radius 3 is 2.72 bits per heavy atom. The van der Waals surface area contributed by atoms with Gasteiger partial charge in [-0.25, -0.2) is 4.98 Å². The molecule has 0 radical (unpaired) electrons. The van der Waals surface area contributed by atoms with Crippen LogP contribution in [0.1, 0.15) is 49.6 Å². The summed E-state index contributed by atoms with van der Waals surface area (Å²) in [4.78, 5) is 5.86. The Kier molecular flexibility index (Phi) is 3.46. The highest BCUT2D eigenvalue weighted by atomic mass is 32.1. The zero-order chi connectivity index (χ0) is 12.6. The van der Waals surface area contributed by atoms with Gasteiger partial charge >= 0.3 is 0 Å². The highest BCUT2D eigenvalue weighted by molar-refractivity contribution is 7.09. The molecule has 1 unspecified atom stereocenters. The van der Waals surface area contributed by atoms with E-state index in [2.05, 4.69) is 24.1 Å². The Morgan fingerprint density at radius 1 is 1.39 bits per heavy atom. The molecular formula is C15H24N2S. The van der Waals surface area contributed by atoms with Gasteiger partial charge in [0.2, 0.25) is 0 Å². The van der Waals surface area contributed by atoms with Crippen molar-refractivity contribution in [3.05, 3.63) is 16.1 Å². The third kappa shape index (κ3) is 2.94. The maximum absolute atomic E-state index is 4.36. The molecule has 100 valence electrons. The molecular weight excluding hydrogens is 240 g/mol. The molecule has 2 fully saturated rings. The first kappa shape index (κ1) is 12.6. The predicted octanol–water partition coefficient (Wildman–Crippen LogP) is 3.55. The smallest absolute Gasteiger partial charge is 0.0797 e. The maximum atomic E-state index is 4.36. The van der Waals surface area contributed by atoms with Crippen LogP contribution in [0, 0.1) is 18.3 Å². The summed E-state index contributed by atoms with van der Waals surface area (Å²) in [6.07, 6.45) is 8.23. The topological polar surface area (TPSA) is 24.9 Å². The van der Waals surface area contributed by atoms with Crippen LogP contribution in [0.2, 0.25) is 0 Å². The molecule has 2 aliphatic rings. The SMILES string of the molecule is Cc1ncsc1CCC(C)(CNC1CC1)C1CC1. The lowest BCUT2D eigenvalue weighted by Crippen LogP contribution is -2.35. The second kappa shape index (κ2) is 4.93. The third-order valence-electron chi connectivity index (χ3n) is 4.70. The summed E-state index contributed by atoms with van der Waals surface area (Å²) in [6.45, 7) is 5.86. The Morgan fingerprint density at radius 2 is 2.17 bits per heavy atom. The molecule has 2 nitrogen and oxygen atoms in total. The normalized spacial score (nSPS) is 23.0. The summed E-state index contributed by atoms with van der Waals surface area (Å²) in [7, 11) is 0. The molecule has 3 rings (SSSR count). The summed E-state index contributed by atoms with van der Waals surface area (Å²) in [5.74, 6) is 0.969. The fourth-order valence-electron chi connectivity index (χ4n) is 2.85.